The lowest BCUT2D eigenvalue weighted by Crippen LogP contribution is -2.44. The number of primary amides is 1. The number of hydrogen-bond acceptors (Lipinski definition) is 5. The van der Waals surface area contributed by atoms with Crippen molar-refractivity contribution in [2.45, 2.75) is 31.8 Å². The van der Waals surface area contributed by atoms with Crippen LogP contribution in [0.5, 0.6) is 5.75 Å². The van der Waals surface area contributed by atoms with Gasteiger partial charge >= 0.3 is 0 Å². The van der Waals surface area contributed by atoms with Crippen LogP contribution in [-0.2, 0) is 22.6 Å². The maximum atomic E-state index is 14.0. The molecule has 198 valence electrons. The third-order valence-corrected chi connectivity index (χ3v) is 7.33. The third-order valence-electron chi connectivity index (χ3n) is 7.33. The minimum atomic E-state index is -0.564. The van der Waals surface area contributed by atoms with Gasteiger partial charge < -0.3 is 20.7 Å². The van der Waals surface area contributed by atoms with Gasteiger partial charge in [-0.05, 0) is 66.4 Å². The molecule has 4 N–H and O–H groups in total. The summed E-state index contributed by atoms with van der Waals surface area (Å²) in [5.74, 6) is -0.0841. The summed E-state index contributed by atoms with van der Waals surface area (Å²) in [6, 6.07) is 17.7. The number of hydrogen-bond donors (Lipinski definition) is 3. The fourth-order valence-corrected chi connectivity index (χ4v) is 5.30. The van der Waals surface area contributed by atoms with Crippen LogP contribution in [0.3, 0.4) is 0 Å². The molecule has 0 saturated carbocycles. The van der Waals surface area contributed by atoms with Gasteiger partial charge in [0.05, 0.1) is 25.9 Å². The Morgan fingerprint density at radius 2 is 2.03 bits per heavy atom. The number of H-pyrrole nitrogens is 1. The van der Waals surface area contributed by atoms with Crippen molar-refractivity contribution >= 4 is 40.7 Å². The topological polar surface area (TPSA) is 113 Å². The molecule has 9 heteroatoms. The van der Waals surface area contributed by atoms with Crippen LogP contribution in [0.4, 0.5) is 5.69 Å². The van der Waals surface area contributed by atoms with Gasteiger partial charge in [-0.25, -0.2) is 0 Å². The zero-order valence-corrected chi connectivity index (χ0v) is 22.3. The van der Waals surface area contributed by atoms with Crippen molar-refractivity contribution in [3.05, 3.63) is 78.1 Å². The van der Waals surface area contributed by atoms with Crippen molar-refractivity contribution in [3.8, 4) is 16.9 Å². The van der Waals surface area contributed by atoms with Crippen LogP contribution >= 0.6 is 12.4 Å². The number of carbonyl (C=O) groups excluding carboxylic acids is 2. The van der Waals surface area contributed by atoms with Gasteiger partial charge in [-0.15, -0.1) is 12.4 Å². The van der Waals surface area contributed by atoms with Crippen molar-refractivity contribution in [3.63, 3.8) is 0 Å². The summed E-state index contributed by atoms with van der Waals surface area (Å²) in [5, 5.41) is 11.9. The molecule has 5 rings (SSSR count). The number of nitrogens with two attached hydrogens (primary N) is 1. The first-order valence-electron chi connectivity index (χ1n) is 12.4. The number of aryl methyl sites for hydroxylation is 1. The van der Waals surface area contributed by atoms with Crippen LogP contribution < -0.4 is 20.7 Å². The lowest BCUT2D eigenvalue weighted by molar-refractivity contribution is -0.124. The highest BCUT2D eigenvalue weighted by Gasteiger charge is 2.33. The summed E-state index contributed by atoms with van der Waals surface area (Å²) in [7, 11) is 3.35. The molecule has 3 aromatic carbocycles. The molecule has 0 radical (unpaired) electrons. The Morgan fingerprint density at radius 1 is 1.21 bits per heavy atom. The summed E-state index contributed by atoms with van der Waals surface area (Å²) >= 11 is 0. The van der Waals surface area contributed by atoms with Gasteiger partial charge in [0.15, 0.2) is 0 Å². The standard InChI is InChI=1S/C29H31N5O3.ClH/c1-31-25(28(30)35)14-21-8-7-18-5-3-4-6-26(18)34(29(21)36)17-24-23-11-9-19(22-15-32-33-16-22)13-20(23)10-12-27(24)37-2;/h3-6,9-13,15-16,21,25,31H,7-8,14,17H2,1-2H3,(H2,30,35)(H,32,33);1H/t21-,25-;/m0./s1. The number of para-hydroxylation sites is 1. The third kappa shape index (κ3) is 5.23. The number of methoxy groups -OCH3 is 1. The SMILES string of the molecule is CN[C@@H](C[C@@H]1CCc2ccccc2N(Cc2c(OC)ccc3cc(-c4cn[nH]c4)ccc23)C1=O)C(N)=O.Cl. The minimum absolute atomic E-state index is 0. The molecule has 4 aromatic rings. The zero-order valence-electron chi connectivity index (χ0n) is 21.4. The fourth-order valence-electron chi connectivity index (χ4n) is 5.30. The van der Waals surface area contributed by atoms with Gasteiger partial charge in [-0.1, -0.05) is 36.4 Å². The van der Waals surface area contributed by atoms with Crippen LogP contribution in [0.15, 0.2) is 67.0 Å². The molecule has 0 aliphatic carbocycles. The maximum Gasteiger partial charge on any atom is 0.234 e. The van der Waals surface area contributed by atoms with E-state index in [1.54, 1.807) is 20.4 Å². The highest BCUT2D eigenvalue weighted by molar-refractivity contribution is 5.98. The fraction of sp³-hybridized carbons (Fsp3) is 0.276. The molecule has 0 bridgehead atoms. The predicted molar refractivity (Wildman–Crippen MR) is 151 cm³/mol. The van der Waals surface area contributed by atoms with Crippen LogP contribution in [0.2, 0.25) is 0 Å². The number of nitrogens with zero attached hydrogens (tertiary/aromatic N) is 2. The minimum Gasteiger partial charge on any atom is -0.496 e. The Bertz CT molecular complexity index is 1440. The van der Waals surface area contributed by atoms with Crippen molar-refractivity contribution in [1.82, 2.24) is 15.5 Å². The maximum absolute atomic E-state index is 14.0. The number of carbonyl (C=O) groups is 2. The van der Waals surface area contributed by atoms with Crippen molar-refractivity contribution in [2.24, 2.45) is 11.7 Å². The largest absolute Gasteiger partial charge is 0.496 e. The molecular weight excluding hydrogens is 502 g/mol. The number of aromatic nitrogens is 2. The van der Waals surface area contributed by atoms with Gasteiger partial charge in [0, 0.05) is 28.9 Å². The Kier molecular flexibility index (Phi) is 8.34. The van der Waals surface area contributed by atoms with E-state index in [1.165, 1.54) is 0 Å². The lowest BCUT2D eigenvalue weighted by Gasteiger charge is -2.28. The second kappa shape index (κ2) is 11.7. The molecule has 2 amide bonds. The van der Waals surface area contributed by atoms with Gasteiger partial charge in [0.1, 0.15) is 5.75 Å². The number of aromatic amines is 1. The average molecular weight is 534 g/mol. The molecule has 0 saturated heterocycles. The number of benzene rings is 3. The summed E-state index contributed by atoms with van der Waals surface area (Å²) in [4.78, 5) is 27.8. The van der Waals surface area contributed by atoms with Crippen molar-refractivity contribution < 1.29 is 14.3 Å². The van der Waals surface area contributed by atoms with E-state index in [4.69, 9.17) is 10.5 Å². The summed E-state index contributed by atoms with van der Waals surface area (Å²) in [6.07, 6.45) is 5.42. The number of ether oxygens (including phenoxy) is 1. The number of likely N-dealkylation sites (N-methyl/N-ethyl adjacent to an activating group) is 1. The molecule has 1 aliphatic heterocycles. The highest BCUT2D eigenvalue weighted by Crippen LogP contribution is 2.37. The van der Waals surface area contributed by atoms with E-state index in [9.17, 15) is 9.59 Å². The number of anilines is 1. The molecule has 2 heterocycles. The van der Waals surface area contributed by atoms with Crippen LogP contribution in [-0.4, -0.2) is 42.2 Å². The van der Waals surface area contributed by atoms with Gasteiger partial charge in [0.2, 0.25) is 11.8 Å². The average Bonchev–Trinajstić information content (AvgIpc) is 3.42. The molecule has 1 aliphatic rings. The number of amides is 2. The molecule has 38 heavy (non-hydrogen) atoms. The number of halogens is 1. The van der Waals surface area contributed by atoms with E-state index in [0.29, 0.717) is 19.4 Å². The lowest BCUT2D eigenvalue weighted by atomic mass is 9.93. The monoisotopic (exact) mass is 533 g/mol. The summed E-state index contributed by atoms with van der Waals surface area (Å²) in [6.45, 7) is 0.346. The first-order chi connectivity index (χ1) is 18.0. The van der Waals surface area contributed by atoms with Gasteiger partial charge in [-0.3, -0.25) is 14.7 Å². The van der Waals surface area contributed by atoms with E-state index < -0.39 is 11.9 Å². The number of nitrogens with one attached hydrogen (secondary N) is 2. The molecule has 0 spiro atoms. The number of fused-ring (bicyclic) bond motifs is 2. The molecule has 2 atom stereocenters. The molecule has 8 nitrogen and oxygen atoms in total. The summed E-state index contributed by atoms with van der Waals surface area (Å²) in [5.41, 5.74) is 10.6. The molecule has 1 aromatic heterocycles. The first kappa shape index (κ1) is 27.2. The Balaban J connectivity index is 0.00000336. The second-order valence-corrected chi connectivity index (χ2v) is 9.44. The second-order valence-electron chi connectivity index (χ2n) is 9.44. The van der Waals surface area contributed by atoms with Crippen LogP contribution in [0.25, 0.3) is 21.9 Å². The Labute approximate surface area is 228 Å². The smallest absolute Gasteiger partial charge is 0.234 e. The van der Waals surface area contributed by atoms with Crippen LogP contribution in [0.1, 0.15) is 24.0 Å². The Morgan fingerprint density at radius 3 is 2.74 bits per heavy atom. The van der Waals surface area contributed by atoms with Crippen molar-refractivity contribution in [1.29, 1.82) is 0 Å². The van der Waals surface area contributed by atoms with E-state index in [1.807, 2.05) is 41.4 Å². The predicted octanol–water partition coefficient (Wildman–Crippen LogP) is 4.22. The van der Waals surface area contributed by atoms with Gasteiger partial charge in [0.25, 0.3) is 0 Å². The van der Waals surface area contributed by atoms with E-state index in [-0.39, 0.29) is 24.2 Å². The van der Waals surface area contributed by atoms with E-state index >= 15 is 0 Å². The molecular formula is C29H32ClN5O3. The van der Waals surface area contributed by atoms with E-state index in [2.05, 4.69) is 39.8 Å². The molecule has 0 fully saturated rings. The highest BCUT2D eigenvalue weighted by atomic mass is 35.5. The van der Waals surface area contributed by atoms with Crippen LogP contribution in [0, 0.1) is 5.92 Å². The number of rotatable bonds is 8. The normalized spacial score (nSPS) is 15.9. The van der Waals surface area contributed by atoms with Gasteiger partial charge in [-0.2, -0.15) is 5.10 Å². The summed E-state index contributed by atoms with van der Waals surface area (Å²) < 4.78 is 5.77. The molecule has 0 unspecified atom stereocenters. The first-order valence-corrected chi connectivity index (χ1v) is 12.4. The van der Waals surface area contributed by atoms with Crippen molar-refractivity contribution in [2.75, 3.05) is 19.1 Å². The Hall–Kier alpha value is -3.88. The zero-order chi connectivity index (χ0) is 25.9. The van der Waals surface area contributed by atoms with E-state index in [0.717, 1.165) is 50.9 Å². The quantitative estimate of drug-likeness (QED) is 0.314.